The van der Waals surface area contributed by atoms with E-state index in [9.17, 15) is 0 Å². The summed E-state index contributed by atoms with van der Waals surface area (Å²) in [6.07, 6.45) is 0. The SMILES string of the molecule is N#CCOc1ccc(NCc2cccs2)cc1. The van der Waals surface area contributed by atoms with Gasteiger partial charge in [-0.25, -0.2) is 0 Å². The van der Waals surface area contributed by atoms with Gasteiger partial charge in [0.25, 0.3) is 0 Å². The van der Waals surface area contributed by atoms with E-state index in [1.807, 2.05) is 36.4 Å². The largest absolute Gasteiger partial charge is 0.479 e. The first-order valence-electron chi connectivity index (χ1n) is 5.24. The Hall–Kier alpha value is -1.99. The van der Waals surface area contributed by atoms with Crippen LogP contribution in [0.5, 0.6) is 5.75 Å². The van der Waals surface area contributed by atoms with Crippen LogP contribution in [0.2, 0.25) is 0 Å². The molecule has 0 aliphatic rings. The predicted octanol–water partition coefficient (Wildman–Crippen LogP) is 3.26. The zero-order valence-corrected chi connectivity index (χ0v) is 10.0. The average Bonchev–Trinajstić information content (AvgIpc) is 2.88. The van der Waals surface area contributed by atoms with Gasteiger partial charge in [-0.05, 0) is 35.7 Å². The van der Waals surface area contributed by atoms with E-state index in [2.05, 4.69) is 16.8 Å². The second-order valence-electron chi connectivity index (χ2n) is 3.40. The summed E-state index contributed by atoms with van der Waals surface area (Å²) in [5.74, 6) is 0.716. The Morgan fingerprint density at radius 1 is 1.24 bits per heavy atom. The zero-order valence-electron chi connectivity index (χ0n) is 9.22. The summed E-state index contributed by atoms with van der Waals surface area (Å²) in [6, 6.07) is 13.7. The van der Waals surface area contributed by atoms with Crippen molar-refractivity contribution < 1.29 is 4.74 Å². The fourth-order valence-electron chi connectivity index (χ4n) is 1.39. The van der Waals surface area contributed by atoms with Crippen molar-refractivity contribution in [2.45, 2.75) is 6.54 Å². The first-order chi connectivity index (χ1) is 8.38. The smallest absolute Gasteiger partial charge is 0.174 e. The quantitative estimate of drug-likeness (QED) is 0.878. The van der Waals surface area contributed by atoms with Gasteiger partial charge in [-0.15, -0.1) is 11.3 Å². The summed E-state index contributed by atoms with van der Waals surface area (Å²) in [5, 5.41) is 13.8. The molecular weight excluding hydrogens is 232 g/mol. The molecule has 1 aromatic carbocycles. The standard InChI is InChI=1S/C13H12N2OS/c14-7-8-16-12-5-3-11(4-6-12)15-10-13-2-1-9-17-13/h1-6,9,15H,8,10H2. The Balaban J connectivity index is 1.88. The van der Waals surface area contributed by atoms with Crippen LogP contribution in [0, 0.1) is 11.3 Å². The van der Waals surface area contributed by atoms with Gasteiger partial charge in [-0.2, -0.15) is 5.26 Å². The number of anilines is 1. The van der Waals surface area contributed by atoms with Crippen molar-refractivity contribution in [3.8, 4) is 11.8 Å². The first kappa shape index (κ1) is 11.5. The molecular formula is C13H12N2OS. The minimum absolute atomic E-state index is 0.0853. The van der Waals surface area contributed by atoms with Crippen LogP contribution in [0.3, 0.4) is 0 Å². The van der Waals surface area contributed by atoms with Crippen molar-refractivity contribution in [3.63, 3.8) is 0 Å². The molecule has 0 aliphatic heterocycles. The van der Waals surface area contributed by atoms with Gasteiger partial charge in [0, 0.05) is 17.1 Å². The molecule has 0 amide bonds. The number of rotatable bonds is 5. The van der Waals surface area contributed by atoms with Crippen LogP contribution >= 0.6 is 11.3 Å². The maximum atomic E-state index is 8.39. The van der Waals surface area contributed by atoms with Crippen LogP contribution in [-0.2, 0) is 6.54 Å². The fraction of sp³-hybridized carbons (Fsp3) is 0.154. The second-order valence-corrected chi connectivity index (χ2v) is 4.44. The molecule has 0 saturated heterocycles. The molecule has 0 saturated carbocycles. The molecule has 0 atom stereocenters. The van der Waals surface area contributed by atoms with E-state index in [0.717, 1.165) is 12.2 Å². The molecule has 0 spiro atoms. The molecule has 0 unspecified atom stereocenters. The van der Waals surface area contributed by atoms with E-state index in [4.69, 9.17) is 10.00 Å². The molecule has 0 aliphatic carbocycles. The van der Waals surface area contributed by atoms with Crippen molar-refractivity contribution in [2.75, 3.05) is 11.9 Å². The maximum absolute atomic E-state index is 8.39. The lowest BCUT2D eigenvalue weighted by molar-refractivity contribution is 0.368. The Bertz CT molecular complexity index is 485. The summed E-state index contributed by atoms with van der Waals surface area (Å²) in [7, 11) is 0. The van der Waals surface area contributed by atoms with Crippen LogP contribution in [0.4, 0.5) is 5.69 Å². The lowest BCUT2D eigenvalue weighted by Gasteiger charge is -2.06. The highest BCUT2D eigenvalue weighted by Gasteiger charge is 1.96. The minimum atomic E-state index is 0.0853. The number of hydrogen-bond donors (Lipinski definition) is 1. The topological polar surface area (TPSA) is 45.0 Å². The molecule has 3 nitrogen and oxygen atoms in total. The highest BCUT2D eigenvalue weighted by atomic mass is 32.1. The number of nitriles is 1. The predicted molar refractivity (Wildman–Crippen MR) is 69.2 cm³/mol. The second kappa shape index (κ2) is 5.92. The van der Waals surface area contributed by atoms with E-state index in [1.54, 1.807) is 11.3 Å². The molecule has 0 radical (unpaired) electrons. The Morgan fingerprint density at radius 3 is 2.71 bits per heavy atom. The fourth-order valence-corrected chi connectivity index (χ4v) is 2.03. The molecule has 17 heavy (non-hydrogen) atoms. The number of hydrogen-bond acceptors (Lipinski definition) is 4. The van der Waals surface area contributed by atoms with Gasteiger partial charge in [0.15, 0.2) is 6.61 Å². The molecule has 0 bridgehead atoms. The van der Waals surface area contributed by atoms with Crippen molar-refractivity contribution in [2.24, 2.45) is 0 Å². The van der Waals surface area contributed by atoms with Crippen LogP contribution in [0.15, 0.2) is 41.8 Å². The van der Waals surface area contributed by atoms with Crippen LogP contribution in [-0.4, -0.2) is 6.61 Å². The molecule has 0 fully saturated rings. The third-order valence-electron chi connectivity index (χ3n) is 2.20. The van der Waals surface area contributed by atoms with Crippen molar-refractivity contribution in [1.29, 1.82) is 5.26 Å². The summed E-state index contributed by atoms with van der Waals surface area (Å²) in [6.45, 7) is 0.915. The van der Waals surface area contributed by atoms with E-state index in [1.165, 1.54) is 4.88 Å². The average molecular weight is 244 g/mol. The summed E-state index contributed by atoms with van der Waals surface area (Å²) in [5.41, 5.74) is 1.04. The van der Waals surface area contributed by atoms with Gasteiger partial charge in [0.1, 0.15) is 11.8 Å². The lowest BCUT2D eigenvalue weighted by atomic mass is 10.3. The van der Waals surface area contributed by atoms with E-state index >= 15 is 0 Å². The van der Waals surface area contributed by atoms with E-state index < -0.39 is 0 Å². The van der Waals surface area contributed by atoms with Crippen LogP contribution < -0.4 is 10.1 Å². The molecule has 1 N–H and O–H groups in total. The third-order valence-corrected chi connectivity index (χ3v) is 3.08. The first-order valence-corrected chi connectivity index (χ1v) is 6.12. The third kappa shape index (κ3) is 3.51. The zero-order chi connectivity index (χ0) is 11.9. The number of ether oxygens (including phenoxy) is 1. The van der Waals surface area contributed by atoms with E-state index in [0.29, 0.717) is 5.75 Å². The van der Waals surface area contributed by atoms with Gasteiger partial charge in [0.2, 0.25) is 0 Å². The maximum Gasteiger partial charge on any atom is 0.174 e. The number of nitrogens with one attached hydrogen (secondary N) is 1. The van der Waals surface area contributed by atoms with Crippen molar-refractivity contribution >= 4 is 17.0 Å². The van der Waals surface area contributed by atoms with Crippen molar-refractivity contribution in [3.05, 3.63) is 46.7 Å². The lowest BCUT2D eigenvalue weighted by Crippen LogP contribution is -1.97. The van der Waals surface area contributed by atoms with E-state index in [-0.39, 0.29) is 6.61 Å². The van der Waals surface area contributed by atoms with Crippen molar-refractivity contribution in [1.82, 2.24) is 0 Å². The Kier molecular flexibility index (Phi) is 4.00. The summed E-state index contributed by atoms with van der Waals surface area (Å²) in [4.78, 5) is 1.30. The molecule has 2 rings (SSSR count). The Labute approximate surface area is 104 Å². The monoisotopic (exact) mass is 244 g/mol. The van der Waals surface area contributed by atoms with Gasteiger partial charge in [-0.3, -0.25) is 0 Å². The van der Waals surface area contributed by atoms with Gasteiger partial charge < -0.3 is 10.1 Å². The summed E-state index contributed by atoms with van der Waals surface area (Å²) < 4.78 is 5.17. The Morgan fingerprint density at radius 2 is 2.06 bits per heavy atom. The number of benzene rings is 1. The van der Waals surface area contributed by atoms with Crippen LogP contribution in [0.25, 0.3) is 0 Å². The van der Waals surface area contributed by atoms with Gasteiger partial charge in [0.05, 0.1) is 0 Å². The minimum Gasteiger partial charge on any atom is -0.479 e. The van der Waals surface area contributed by atoms with Crippen LogP contribution in [0.1, 0.15) is 4.88 Å². The van der Waals surface area contributed by atoms with Gasteiger partial charge in [-0.1, -0.05) is 6.07 Å². The van der Waals surface area contributed by atoms with Gasteiger partial charge >= 0.3 is 0 Å². The molecule has 2 aromatic rings. The molecule has 1 heterocycles. The molecule has 4 heteroatoms. The highest BCUT2D eigenvalue weighted by molar-refractivity contribution is 7.09. The number of thiophene rings is 1. The molecule has 1 aromatic heterocycles. The molecule has 86 valence electrons. The number of nitrogens with zero attached hydrogens (tertiary/aromatic N) is 1. The normalized spacial score (nSPS) is 9.59. The highest BCUT2D eigenvalue weighted by Crippen LogP contribution is 2.17. The summed E-state index contributed by atoms with van der Waals surface area (Å²) >= 11 is 1.73.